The average Bonchev–Trinajstić information content (AvgIpc) is 2.04. The van der Waals surface area contributed by atoms with Crippen LogP contribution in [0.2, 0.25) is 0 Å². The minimum absolute atomic E-state index is 0. The zero-order chi connectivity index (χ0) is 9.14. The van der Waals surface area contributed by atoms with E-state index in [0.717, 1.165) is 5.56 Å². The van der Waals surface area contributed by atoms with Crippen LogP contribution >= 0.6 is 12.4 Å². The summed E-state index contributed by atoms with van der Waals surface area (Å²) >= 11 is 0. The Labute approximate surface area is 85.2 Å². The fourth-order valence-electron chi connectivity index (χ4n) is 1.07. The minimum atomic E-state index is -0.493. The molecule has 0 saturated carbocycles. The number of benzene rings is 1. The standard InChI is InChI=1S/C10H15NO.ClH/c1-7-3-5-9(6-4-7)10(11)8(2)12;/h3-6,8,10,12H,11H2,1-2H3;1H/t8-,10-;/m1./s1. The predicted octanol–water partition coefficient (Wildman–Crippen LogP) is 1.80. The van der Waals surface area contributed by atoms with Gasteiger partial charge in [-0.3, -0.25) is 0 Å². The van der Waals surface area contributed by atoms with Crippen molar-refractivity contribution in [3.8, 4) is 0 Å². The fourth-order valence-corrected chi connectivity index (χ4v) is 1.07. The monoisotopic (exact) mass is 201 g/mol. The Hall–Kier alpha value is -0.570. The van der Waals surface area contributed by atoms with E-state index >= 15 is 0 Å². The summed E-state index contributed by atoms with van der Waals surface area (Å²) in [6, 6.07) is 7.62. The van der Waals surface area contributed by atoms with Crippen LogP contribution in [0, 0.1) is 6.92 Å². The molecule has 0 spiro atoms. The molecule has 0 unspecified atom stereocenters. The van der Waals surface area contributed by atoms with Gasteiger partial charge in [-0.15, -0.1) is 12.4 Å². The SMILES string of the molecule is Cc1ccc([C@H](N)[C@@H](C)O)cc1.Cl. The lowest BCUT2D eigenvalue weighted by atomic mass is 10.0. The molecule has 2 nitrogen and oxygen atoms in total. The molecule has 3 N–H and O–H groups in total. The second kappa shape index (κ2) is 5.22. The van der Waals surface area contributed by atoms with Gasteiger partial charge in [-0.05, 0) is 19.4 Å². The Kier molecular flexibility index (Phi) is 4.99. The molecular weight excluding hydrogens is 186 g/mol. The molecule has 1 aromatic carbocycles. The van der Waals surface area contributed by atoms with Gasteiger partial charge in [-0.2, -0.15) is 0 Å². The molecule has 1 aromatic rings. The van der Waals surface area contributed by atoms with Crippen molar-refractivity contribution in [1.82, 2.24) is 0 Å². The van der Waals surface area contributed by atoms with E-state index in [1.54, 1.807) is 6.92 Å². The summed E-state index contributed by atoms with van der Waals surface area (Å²) in [6.45, 7) is 3.72. The van der Waals surface area contributed by atoms with Gasteiger partial charge in [0.25, 0.3) is 0 Å². The van der Waals surface area contributed by atoms with Crippen LogP contribution in [0.25, 0.3) is 0 Å². The third-order valence-corrected chi connectivity index (χ3v) is 1.98. The predicted molar refractivity (Wildman–Crippen MR) is 57.0 cm³/mol. The fraction of sp³-hybridized carbons (Fsp3) is 0.400. The van der Waals surface area contributed by atoms with Gasteiger partial charge < -0.3 is 10.8 Å². The van der Waals surface area contributed by atoms with Crippen LogP contribution in [-0.2, 0) is 0 Å². The first kappa shape index (κ1) is 12.4. The maximum atomic E-state index is 9.22. The van der Waals surface area contributed by atoms with Crippen molar-refractivity contribution >= 4 is 12.4 Å². The topological polar surface area (TPSA) is 46.2 Å². The number of halogens is 1. The molecule has 0 heterocycles. The Morgan fingerprint density at radius 1 is 1.23 bits per heavy atom. The highest BCUT2D eigenvalue weighted by Gasteiger charge is 2.10. The Morgan fingerprint density at radius 2 is 1.69 bits per heavy atom. The van der Waals surface area contributed by atoms with Crippen LogP contribution in [0.15, 0.2) is 24.3 Å². The lowest BCUT2D eigenvalue weighted by Gasteiger charge is -2.14. The zero-order valence-electron chi connectivity index (χ0n) is 7.90. The summed E-state index contributed by atoms with van der Waals surface area (Å²) < 4.78 is 0. The maximum absolute atomic E-state index is 9.22. The van der Waals surface area contributed by atoms with E-state index in [1.165, 1.54) is 5.56 Å². The van der Waals surface area contributed by atoms with E-state index in [2.05, 4.69) is 0 Å². The van der Waals surface area contributed by atoms with E-state index in [0.29, 0.717) is 0 Å². The molecule has 0 saturated heterocycles. The van der Waals surface area contributed by atoms with Crippen molar-refractivity contribution in [3.63, 3.8) is 0 Å². The van der Waals surface area contributed by atoms with E-state index in [9.17, 15) is 5.11 Å². The number of aliphatic hydroxyl groups is 1. The smallest absolute Gasteiger partial charge is 0.0704 e. The molecule has 0 amide bonds. The normalized spacial score (nSPS) is 14.5. The van der Waals surface area contributed by atoms with Gasteiger partial charge >= 0.3 is 0 Å². The molecule has 1 rings (SSSR count). The number of nitrogens with two attached hydrogens (primary N) is 1. The van der Waals surface area contributed by atoms with Gasteiger partial charge in [-0.1, -0.05) is 29.8 Å². The molecule has 0 aliphatic rings. The summed E-state index contributed by atoms with van der Waals surface area (Å²) in [7, 11) is 0. The molecule has 0 fully saturated rings. The van der Waals surface area contributed by atoms with Crippen LogP contribution in [-0.4, -0.2) is 11.2 Å². The summed E-state index contributed by atoms with van der Waals surface area (Å²) in [5, 5.41) is 9.22. The molecule has 2 atom stereocenters. The molecule has 74 valence electrons. The summed E-state index contributed by atoms with van der Waals surface area (Å²) in [4.78, 5) is 0. The van der Waals surface area contributed by atoms with E-state index in [-0.39, 0.29) is 18.4 Å². The highest BCUT2D eigenvalue weighted by atomic mass is 35.5. The van der Waals surface area contributed by atoms with Gasteiger partial charge in [0.2, 0.25) is 0 Å². The second-order valence-corrected chi connectivity index (χ2v) is 3.18. The molecule has 0 aromatic heterocycles. The van der Waals surface area contributed by atoms with E-state index in [1.807, 2.05) is 31.2 Å². The maximum Gasteiger partial charge on any atom is 0.0704 e. The van der Waals surface area contributed by atoms with Gasteiger partial charge in [0.1, 0.15) is 0 Å². The first-order valence-electron chi connectivity index (χ1n) is 4.11. The summed E-state index contributed by atoms with van der Waals surface area (Å²) in [5.74, 6) is 0. The van der Waals surface area contributed by atoms with Crippen LogP contribution < -0.4 is 5.73 Å². The third kappa shape index (κ3) is 3.35. The van der Waals surface area contributed by atoms with Crippen LogP contribution in [0.1, 0.15) is 24.1 Å². The third-order valence-electron chi connectivity index (χ3n) is 1.98. The highest BCUT2D eigenvalue weighted by molar-refractivity contribution is 5.85. The zero-order valence-corrected chi connectivity index (χ0v) is 8.71. The molecule has 0 bridgehead atoms. The van der Waals surface area contributed by atoms with Gasteiger partial charge in [0, 0.05) is 0 Å². The van der Waals surface area contributed by atoms with Crippen molar-refractivity contribution < 1.29 is 5.11 Å². The summed E-state index contributed by atoms with van der Waals surface area (Å²) in [5.41, 5.74) is 7.93. The Morgan fingerprint density at radius 3 is 2.08 bits per heavy atom. The number of aliphatic hydroxyl groups excluding tert-OH is 1. The van der Waals surface area contributed by atoms with Gasteiger partial charge in [-0.25, -0.2) is 0 Å². The number of hydrogen-bond acceptors (Lipinski definition) is 2. The summed E-state index contributed by atoms with van der Waals surface area (Å²) in [6.07, 6.45) is -0.493. The molecule has 3 heteroatoms. The largest absolute Gasteiger partial charge is 0.391 e. The average molecular weight is 202 g/mol. The molecule has 0 aliphatic heterocycles. The van der Waals surface area contributed by atoms with Crippen LogP contribution in [0.3, 0.4) is 0 Å². The van der Waals surface area contributed by atoms with Crippen molar-refractivity contribution in [3.05, 3.63) is 35.4 Å². The lowest BCUT2D eigenvalue weighted by Crippen LogP contribution is -2.22. The van der Waals surface area contributed by atoms with Crippen LogP contribution in [0.4, 0.5) is 0 Å². The molecule has 0 radical (unpaired) electrons. The van der Waals surface area contributed by atoms with Crippen molar-refractivity contribution in [2.75, 3.05) is 0 Å². The Bertz CT molecular complexity index is 246. The molecular formula is C10H16ClNO. The molecule has 13 heavy (non-hydrogen) atoms. The van der Waals surface area contributed by atoms with Crippen molar-refractivity contribution in [1.29, 1.82) is 0 Å². The Balaban J connectivity index is 0.00000144. The van der Waals surface area contributed by atoms with Crippen LogP contribution in [0.5, 0.6) is 0 Å². The number of rotatable bonds is 2. The van der Waals surface area contributed by atoms with Gasteiger partial charge in [0.15, 0.2) is 0 Å². The first-order chi connectivity index (χ1) is 5.61. The van der Waals surface area contributed by atoms with E-state index < -0.39 is 6.10 Å². The van der Waals surface area contributed by atoms with Crippen molar-refractivity contribution in [2.24, 2.45) is 5.73 Å². The minimum Gasteiger partial charge on any atom is -0.391 e. The first-order valence-corrected chi connectivity index (χ1v) is 4.11. The number of aryl methyl sites for hydroxylation is 1. The lowest BCUT2D eigenvalue weighted by molar-refractivity contribution is 0.164. The molecule has 0 aliphatic carbocycles. The number of hydrogen-bond donors (Lipinski definition) is 2. The highest BCUT2D eigenvalue weighted by Crippen LogP contribution is 2.14. The van der Waals surface area contributed by atoms with Crippen molar-refractivity contribution in [2.45, 2.75) is 26.0 Å². The second-order valence-electron chi connectivity index (χ2n) is 3.18. The van der Waals surface area contributed by atoms with E-state index in [4.69, 9.17) is 5.73 Å². The van der Waals surface area contributed by atoms with Gasteiger partial charge in [0.05, 0.1) is 12.1 Å². The quantitative estimate of drug-likeness (QED) is 0.767.